The van der Waals surface area contributed by atoms with Crippen LogP contribution in [-0.4, -0.2) is 30.6 Å². The molecule has 0 aliphatic rings. The van der Waals surface area contributed by atoms with Crippen molar-refractivity contribution in [1.82, 2.24) is 30.6 Å². The van der Waals surface area contributed by atoms with E-state index in [9.17, 15) is 0 Å². The van der Waals surface area contributed by atoms with Gasteiger partial charge in [-0.1, -0.05) is 41.5 Å². The van der Waals surface area contributed by atoms with E-state index in [-0.39, 0.29) is 17.4 Å². The molecule has 0 aliphatic heterocycles. The number of aromatic amines is 3. The zero-order chi connectivity index (χ0) is 15.8. The molecular formula is C15H21CrN6. The molecule has 0 fully saturated rings. The summed E-state index contributed by atoms with van der Waals surface area (Å²) < 4.78 is 0. The Morgan fingerprint density at radius 1 is 0.545 bits per heavy atom. The second kappa shape index (κ2) is 9.98. The van der Waals surface area contributed by atoms with E-state index in [0.29, 0.717) is 0 Å². The van der Waals surface area contributed by atoms with Crippen molar-refractivity contribution in [3.05, 3.63) is 52.4 Å². The SMILES string of the molecule is Cc1[c-]c(C)[nH]n1.Cc1[c-]c(C)[nH]n1.Cc1[c-]c(C)[nH]n1.[Cr+3]. The first-order valence-corrected chi connectivity index (χ1v) is 6.59. The zero-order valence-corrected chi connectivity index (χ0v) is 15.0. The molecule has 0 aliphatic carbocycles. The molecule has 1 radical (unpaired) electrons. The maximum Gasteiger partial charge on any atom is 3.00 e. The largest absolute Gasteiger partial charge is 3.00 e. The van der Waals surface area contributed by atoms with Crippen molar-refractivity contribution in [2.75, 3.05) is 0 Å². The predicted molar refractivity (Wildman–Crippen MR) is 80.7 cm³/mol. The summed E-state index contributed by atoms with van der Waals surface area (Å²) in [5, 5.41) is 19.8. The molecule has 0 atom stereocenters. The van der Waals surface area contributed by atoms with E-state index in [0.717, 1.165) is 34.2 Å². The van der Waals surface area contributed by atoms with Gasteiger partial charge in [-0.2, -0.15) is 0 Å². The van der Waals surface area contributed by atoms with Crippen LogP contribution in [0.15, 0.2) is 0 Å². The number of aromatic nitrogens is 6. The van der Waals surface area contributed by atoms with Gasteiger partial charge in [0.05, 0.1) is 0 Å². The molecule has 7 heteroatoms. The van der Waals surface area contributed by atoms with Gasteiger partial charge in [0, 0.05) is 0 Å². The van der Waals surface area contributed by atoms with Crippen molar-refractivity contribution in [3.63, 3.8) is 0 Å². The summed E-state index contributed by atoms with van der Waals surface area (Å²) in [5.74, 6) is 0. The Bertz CT molecular complexity index is 512. The average molecular weight is 337 g/mol. The van der Waals surface area contributed by atoms with Crippen molar-refractivity contribution < 1.29 is 17.4 Å². The van der Waals surface area contributed by atoms with Gasteiger partial charge < -0.3 is 33.5 Å². The molecule has 0 bridgehead atoms. The summed E-state index contributed by atoms with van der Waals surface area (Å²) in [4.78, 5) is 0. The van der Waals surface area contributed by atoms with Gasteiger partial charge in [0.25, 0.3) is 0 Å². The zero-order valence-electron chi connectivity index (χ0n) is 13.7. The van der Waals surface area contributed by atoms with Gasteiger partial charge in [-0.15, -0.1) is 34.2 Å². The van der Waals surface area contributed by atoms with Crippen LogP contribution in [0.25, 0.3) is 0 Å². The standard InChI is InChI=1S/3C5H7N2.Cr/c3*1-4-3-5(2)7-6-4;/h3*1-2H3,(H,6,7);/q3*-1;+3. The Hall–Kier alpha value is -1.84. The molecule has 0 spiro atoms. The van der Waals surface area contributed by atoms with E-state index in [1.165, 1.54) is 0 Å². The van der Waals surface area contributed by atoms with E-state index >= 15 is 0 Å². The molecule has 3 heterocycles. The second-order valence-corrected chi connectivity index (χ2v) is 4.68. The Labute approximate surface area is 142 Å². The number of nitrogens with one attached hydrogen (secondary N) is 3. The topological polar surface area (TPSA) is 86.0 Å². The second-order valence-electron chi connectivity index (χ2n) is 4.68. The molecule has 6 nitrogen and oxygen atoms in total. The van der Waals surface area contributed by atoms with Crippen LogP contribution in [0.3, 0.4) is 0 Å². The van der Waals surface area contributed by atoms with E-state index in [4.69, 9.17) is 0 Å². The van der Waals surface area contributed by atoms with Gasteiger partial charge in [0.2, 0.25) is 0 Å². The van der Waals surface area contributed by atoms with Crippen LogP contribution in [0.2, 0.25) is 0 Å². The summed E-state index contributed by atoms with van der Waals surface area (Å²) >= 11 is 0. The molecular weight excluding hydrogens is 316 g/mol. The minimum absolute atomic E-state index is 0. The van der Waals surface area contributed by atoms with Crippen LogP contribution in [0.5, 0.6) is 0 Å². The number of rotatable bonds is 0. The molecule has 0 saturated carbocycles. The summed E-state index contributed by atoms with van der Waals surface area (Å²) in [6.07, 6.45) is 0. The number of aryl methyl sites for hydroxylation is 6. The third kappa shape index (κ3) is 8.45. The van der Waals surface area contributed by atoms with Crippen molar-refractivity contribution in [2.24, 2.45) is 0 Å². The molecule has 0 aromatic carbocycles. The van der Waals surface area contributed by atoms with Crippen LogP contribution in [-0.2, 0) is 17.4 Å². The van der Waals surface area contributed by atoms with Crippen molar-refractivity contribution in [2.45, 2.75) is 41.5 Å². The van der Waals surface area contributed by atoms with E-state index in [1.807, 2.05) is 41.5 Å². The Kier molecular flexibility index (Phi) is 9.15. The Balaban J connectivity index is 0.000000294. The summed E-state index contributed by atoms with van der Waals surface area (Å²) in [7, 11) is 0. The van der Waals surface area contributed by atoms with Crippen molar-refractivity contribution in [1.29, 1.82) is 0 Å². The van der Waals surface area contributed by atoms with Gasteiger partial charge in [0.15, 0.2) is 0 Å². The third-order valence-corrected chi connectivity index (χ3v) is 2.28. The normalized spacial score (nSPS) is 9.00. The van der Waals surface area contributed by atoms with Gasteiger partial charge in [-0.05, 0) is 0 Å². The van der Waals surface area contributed by atoms with Crippen LogP contribution in [0.4, 0.5) is 0 Å². The number of hydrogen-bond donors (Lipinski definition) is 3. The Morgan fingerprint density at radius 3 is 0.818 bits per heavy atom. The first kappa shape index (κ1) is 20.2. The van der Waals surface area contributed by atoms with Crippen molar-refractivity contribution in [3.8, 4) is 0 Å². The average Bonchev–Trinajstić information content (AvgIpc) is 3.06. The molecule has 117 valence electrons. The number of H-pyrrole nitrogens is 3. The summed E-state index contributed by atoms with van der Waals surface area (Å²) in [6.45, 7) is 11.5. The fourth-order valence-corrected chi connectivity index (χ4v) is 1.48. The molecule has 0 unspecified atom stereocenters. The van der Waals surface area contributed by atoms with Crippen LogP contribution in [0.1, 0.15) is 34.2 Å². The maximum atomic E-state index is 3.84. The molecule has 3 aromatic rings. The molecule has 0 amide bonds. The van der Waals surface area contributed by atoms with Gasteiger partial charge in [0.1, 0.15) is 0 Å². The fourth-order valence-electron chi connectivity index (χ4n) is 1.48. The van der Waals surface area contributed by atoms with E-state index < -0.39 is 0 Å². The first-order valence-electron chi connectivity index (χ1n) is 6.59. The van der Waals surface area contributed by atoms with Gasteiger partial charge in [-0.3, -0.25) is 0 Å². The monoisotopic (exact) mass is 337 g/mol. The molecule has 3 aromatic heterocycles. The van der Waals surface area contributed by atoms with Gasteiger partial charge >= 0.3 is 17.4 Å². The first-order chi connectivity index (χ1) is 9.86. The van der Waals surface area contributed by atoms with Gasteiger partial charge in [-0.25, -0.2) is 15.3 Å². The Morgan fingerprint density at radius 2 is 0.773 bits per heavy atom. The quantitative estimate of drug-likeness (QED) is 0.551. The third-order valence-electron chi connectivity index (χ3n) is 2.28. The van der Waals surface area contributed by atoms with Crippen molar-refractivity contribution >= 4 is 0 Å². The molecule has 3 N–H and O–H groups in total. The maximum absolute atomic E-state index is 3.84. The van der Waals surface area contributed by atoms with E-state index in [1.54, 1.807) is 0 Å². The van der Waals surface area contributed by atoms with E-state index in [2.05, 4.69) is 48.8 Å². The van der Waals surface area contributed by atoms with Crippen LogP contribution >= 0.6 is 0 Å². The van der Waals surface area contributed by atoms with Crippen LogP contribution in [0, 0.1) is 59.7 Å². The molecule has 3 rings (SSSR count). The molecule has 0 saturated heterocycles. The summed E-state index contributed by atoms with van der Waals surface area (Å²) in [5.41, 5.74) is 5.78. The summed E-state index contributed by atoms with van der Waals surface area (Å²) in [6, 6.07) is 8.92. The smallest absolute Gasteiger partial charge is 0.426 e. The molecule has 22 heavy (non-hydrogen) atoms. The minimum Gasteiger partial charge on any atom is -0.426 e. The predicted octanol–water partition coefficient (Wildman–Crippen LogP) is 2.48. The fraction of sp³-hybridized carbons (Fsp3) is 0.400. The number of nitrogens with zero attached hydrogens (tertiary/aromatic N) is 3. The van der Waals surface area contributed by atoms with Crippen LogP contribution < -0.4 is 0 Å². The number of hydrogen-bond acceptors (Lipinski definition) is 3. The minimum atomic E-state index is 0.